The summed E-state index contributed by atoms with van der Waals surface area (Å²) >= 11 is 0. The average Bonchev–Trinajstić information content (AvgIpc) is 1.98. The predicted octanol–water partition coefficient (Wildman–Crippen LogP) is 2.46. The summed E-state index contributed by atoms with van der Waals surface area (Å²) in [4.78, 5) is 12.1. The molecular weight excluding hydrogens is 202 g/mol. The standard InChI is InChI=1S/C13H27NO2/c1-12(2,3)10(13(4,5)6)11(15)16-9-8-14-7/h10,14H,8-9H2,1-7H3. The maximum absolute atomic E-state index is 12.1. The van der Waals surface area contributed by atoms with Gasteiger partial charge in [-0.15, -0.1) is 0 Å². The summed E-state index contributed by atoms with van der Waals surface area (Å²) < 4.78 is 5.30. The number of carbonyl (C=O) groups excluding carboxylic acids is 1. The Morgan fingerprint density at radius 3 is 1.88 bits per heavy atom. The smallest absolute Gasteiger partial charge is 0.310 e. The van der Waals surface area contributed by atoms with E-state index in [9.17, 15) is 4.79 Å². The van der Waals surface area contributed by atoms with Crippen LogP contribution in [-0.2, 0) is 9.53 Å². The number of esters is 1. The van der Waals surface area contributed by atoms with Crippen molar-refractivity contribution in [2.45, 2.75) is 41.5 Å². The Labute approximate surface area is 99.9 Å². The van der Waals surface area contributed by atoms with Crippen LogP contribution < -0.4 is 5.32 Å². The van der Waals surface area contributed by atoms with Gasteiger partial charge in [0.2, 0.25) is 0 Å². The number of nitrogens with one attached hydrogen (secondary N) is 1. The van der Waals surface area contributed by atoms with Crippen LogP contribution in [0.2, 0.25) is 0 Å². The zero-order valence-electron chi connectivity index (χ0n) is 11.8. The molecule has 1 N–H and O–H groups in total. The Kier molecular flexibility index (Phi) is 5.47. The molecule has 0 unspecified atom stereocenters. The topological polar surface area (TPSA) is 38.3 Å². The van der Waals surface area contributed by atoms with E-state index in [0.29, 0.717) is 13.2 Å². The SMILES string of the molecule is CNCCOC(=O)C(C(C)(C)C)C(C)(C)C. The number of carbonyl (C=O) groups is 1. The molecule has 96 valence electrons. The van der Waals surface area contributed by atoms with Crippen molar-refractivity contribution in [3.8, 4) is 0 Å². The van der Waals surface area contributed by atoms with Gasteiger partial charge in [0.05, 0.1) is 5.92 Å². The van der Waals surface area contributed by atoms with Gasteiger partial charge in [0.15, 0.2) is 0 Å². The quantitative estimate of drug-likeness (QED) is 0.594. The molecule has 0 heterocycles. The van der Waals surface area contributed by atoms with Crippen LogP contribution in [0.4, 0.5) is 0 Å². The lowest BCUT2D eigenvalue weighted by atomic mass is 9.67. The highest BCUT2D eigenvalue weighted by molar-refractivity contribution is 5.74. The minimum Gasteiger partial charge on any atom is -0.464 e. The van der Waals surface area contributed by atoms with Crippen molar-refractivity contribution in [3.05, 3.63) is 0 Å². The molecule has 0 aliphatic heterocycles. The lowest BCUT2D eigenvalue weighted by molar-refractivity contribution is -0.157. The first-order chi connectivity index (χ1) is 7.10. The molecule has 0 saturated heterocycles. The highest BCUT2D eigenvalue weighted by Gasteiger charge is 2.41. The van der Waals surface area contributed by atoms with Crippen LogP contribution in [0.25, 0.3) is 0 Å². The minimum absolute atomic E-state index is 0.0744. The van der Waals surface area contributed by atoms with E-state index >= 15 is 0 Å². The molecule has 0 atom stereocenters. The van der Waals surface area contributed by atoms with E-state index < -0.39 is 0 Å². The minimum atomic E-state index is -0.0877. The van der Waals surface area contributed by atoms with Crippen LogP contribution in [0, 0.1) is 16.7 Å². The molecular formula is C13H27NO2. The van der Waals surface area contributed by atoms with Gasteiger partial charge in [-0.3, -0.25) is 4.79 Å². The van der Waals surface area contributed by atoms with E-state index in [1.165, 1.54) is 0 Å². The van der Waals surface area contributed by atoms with E-state index in [2.05, 4.69) is 46.9 Å². The van der Waals surface area contributed by atoms with Gasteiger partial charge < -0.3 is 10.1 Å². The summed E-state index contributed by atoms with van der Waals surface area (Å²) in [6.45, 7) is 13.7. The Balaban J connectivity index is 4.61. The van der Waals surface area contributed by atoms with Gasteiger partial charge in [0.1, 0.15) is 6.61 Å². The Bertz CT molecular complexity index is 209. The third-order valence-electron chi connectivity index (χ3n) is 2.56. The molecule has 0 amide bonds. The fraction of sp³-hybridized carbons (Fsp3) is 0.923. The second kappa shape index (κ2) is 5.67. The van der Waals surface area contributed by atoms with Gasteiger partial charge in [-0.1, -0.05) is 41.5 Å². The number of rotatable bonds is 4. The predicted molar refractivity (Wildman–Crippen MR) is 67.3 cm³/mol. The fourth-order valence-electron chi connectivity index (χ4n) is 2.34. The average molecular weight is 229 g/mol. The van der Waals surface area contributed by atoms with Gasteiger partial charge in [-0.2, -0.15) is 0 Å². The summed E-state index contributed by atoms with van der Waals surface area (Å²) in [5, 5.41) is 2.96. The molecule has 0 aromatic carbocycles. The molecule has 3 heteroatoms. The molecule has 16 heavy (non-hydrogen) atoms. The summed E-state index contributed by atoms with van der Waals surface area (Å²) in [6, 6.07) is 0. The highest BCUT2D eigenvalue weighted by atomic mass is 16.5. The van der Waals surface area contributed by atoms with Gasteiger partial charge in [-0.25, -0.2) is 0 Å². The van der Waals surface area contributed by atoms with Gasteiger partial charge in [0.25, 0.3) is 0 Å². The molecule has 0 aliphatic rings. The van der Waals surface area contributed by atoms with Crippen LogP contribution in [-0.4, -0.2) is 26.2 Å². The second-order valence-corrected chi connectivity index (χ2v) is 6.44. The van der Waals surface area contributed by atoms with E-state index in [1.807, 2.05) is 7.05 Å². The van der Waals surface area contributed by atoms with Crippen LogP contribution in [0.3, 0.4) is 0 Å². The fourth-order valence-corrected chi connectivity index (χ4v) is 2.34. The van der Waals surface area contributed by atoms with Gasteiger partial charge in [0, 0.05) is 6.54 Å². The van der Waals surface area contributed by atoms with Crippen molar-refractivity contribution in [1.29, 1.82) is 0 Å². The molecule has 0 aromatic rings. The molecule has 0 rings (SSSR count). The van der Waals surface area contributed by atoms with E-state index in [0.717, 1.165) is 0 Å². The second-order valence-electron chi connectivity index (χ2n) is 6.44. The van der Waals surface area contributed by atoms with Gasteiger partial charge >= 0.3 is 5.97 Å². The van der Waals surface area contributed by atoms with Crippen LogP contribution in [0.1, 0.15) is 41.5 Å². The van der Waals surface area contributed by atoms with Crippen LogP contribution >= 0.6 is 0 Å². The highest BCUT2D eigenvalue weighted by Crippen LogP contribution is 2.40. The lowest BCUT2D eigenvalue weighted by Crippen LogP contribution is -2.40. The molecule has 0 aromatic heterocycles. The van der Waals surface area contributed by atoms with Crippen molar-refractivity contribution >= 4 is 5.97 Å². The van der Waals surface area contributed by atoms with Crippen molar-refractivity contribution < 1.29 is 9.53 Å². The summed E-state index contributed by atoms with van der Waals surface area (Å²) in [5.41, 5.74) is -0.149. The van der Waals surface area contributed by atoms with Crippen LogP contribution in [0.5, 0.6) is 0 Å². The number of hydrogen-bond donors (Lipinski definition) is 1. The van der Waals surface area contributed by atoms with Crippen LogP contribution in [0.15, 0.2) is 0 Å². The third kappa shape index (κ3) is 4.97. The zero-order chi connectivity index (χ0) is 13.0. The zero-order valence-corrected chi connectivity index (χ0v) is 11.8. The number of ether oxygens (including phenoxy) is 1. The molecule has 0 aliphatic carbocycles. The van der Waals surface area contributed by atoms with E-state index in [1.54, 1.807) is 0 Å². The molecule has 3 nitrogen and oxygen atoms in total. The largest absolute Gasteiger partial charge is 0.464 e. The van der Waals surface area contributed by atoms with Crippen molar-refractivity contribution in [2.24, 2.45) is 16.7 Å². The molecule has 0 fully saturated rings. The molecule has 0 saturated carbocycles. The summed E-state index contributed by atoms with van der Waals surface area (Å²) in [6.07, 6.45) is 0. The number of likely N-dealkylation sites (N-methyl/N-ethyl adjacent to an activating group) is 1. The Hall–Kier alpha value is -0.570. The van der Waals surface area contributed by atoms with Crippen molar-refractivity contribution in [1.82, 2.24) is 5.32 Å². The maximum atomic E-state index is 12.1. The first kappa shape index (κ1) is 15.4. The van der Waals surface area contributed by atoms with Crippen molar-refractivity contribution in [2.75, 3.05) is 20.2 Å². The monoisotopic (exact) mass is 229 g/mol. The summed E-state index contributed by atoms with van der Waals surface area (Å²) in [7, 11) is 1.85. The normalized spacial score (nSPS) is 13.0. The first-order valence-corrected chi connectivity index (χ1v) is 5.92. The van der Waals surface area contributed by atoms with Crippen molar-refractivity contribution in [3.63, 3.8) is 0 Å². The summed E-state index contributed by atoms with van der Waals surface area (Å²) in [5.74, 6) is -0.174. The van der Waals surface area contributed by atoms with E-state index in [4.69, 9.17) is 4.74 Å². The Morgan fingerprint density at radius 1 is 1.12 bits per heavy atom. The number of hydrogen-bond acceptors (Lipinski definition) is 3. The first-order valence-electron chi connectivity index (χ1n) is 5.92. The molecule has 0 bridgehead atoms. The lowest BCUT2D eigenvalue weighted by Gasteiger charge is -2.38. The van der Waals surface area contributed by atoms with Gasteiger partial charge in [-0.05, 0) is 17.9 Å². The molecule has 0 radical (unpaired) electrons. The molecule has 0 spiro atoms. The van der Waals surface area contributed by atoms with E-state index in [-0.39, 0.29) is 22.7 Å². The Morgan fingerprint density at radius 2 is 1.56 bits per heavy atom. The maximum Gasteiger partial charge on any atom is 0.310 e. The third-order valence-corrected chi connectivity index (χ3v) is 2.56.